The van der Waals surface area contributed by atoms with Gasteiger partial charge in [-0.25, -0.2) is 8.42 Å². The number of nitrogens with one attached hydrogen (secondary N) is 1. The highest BCUT2D eigenvalue weighted by Gasteiger charge is 2.17. The standard InChI is InChI=1S/C12H12N2O3S/c1-9-6-7-10(8-13-9)14-18(16,17)12-5-3-2-4-11(12)15/h2-8,14-15H,1H3. The summed E-state index contributed by atoms with van der Waals surface area (Å²) in [6, 6.07) is 9.06. The van der Waals surface area contributed by atoms with Gasteiger partial charge in [-0.3, -0.25) is 9.71 Å². The molecule has 94 valence electrons. The minimum atomic E-state index is -3.80. The molecule has 2 N–H and O–H groups in total. The van der Waals surface area contributed by atoms with Crippen LogP contribution in [-0.4, -0.2) is 18.5 Å². The molecular formula is C12H12N2O3S. The van der Waals surface area contributed by atoms with E-state index in [1.165, 1.54) is 18.3 Å². The van der Waals surface area contributed by atoms with Crippen molar-refractivity contribution in [3.8, 4) is 5.75 Å². The lowest BCUT2D eigenvalue weighted by molar-refractivity contribution is 0.459. The Balaban J connectivity index is 2.33. The second-order valence-corrected chi connectivity index (χ2v) is 5.41. The highest BCUT2D eigenvalue weighted by atomic mass is 32.2. The van der Waals surface area contributed by atoms with Gasteiger partial charge in [-0.2, -0.15) is 0 Å². The van der Waals surface area contributed by atoms with E-state index in [2.05, 4.69) is 9.71 Å². The summed E-state index contributed by atoms with van der Waals surface area (Å²) in [6.07, 6.45) is 1.42. The molecule has 2 aromatic rings. The number of hydrogen-bond donors (Lipinski definition) is 2. The first-order chi connectivity index (χ1) is 8.49. The van der Waals surface area contributed by atoms with Crippen molar-refractivity contribution in [1.82, 2.24) is 4.98 Å². The maximum atomic E-state index is 12.0. The van der Waals surface area contributed by atoms with E-state index in [9.17, 15) is 13.5 Å². The zero-order valence-electron chi connectivity index (χ0n) is 9.66. The third kappa shape index (κ3) is 2.60. The number of aryl methyl sites for hydroxylation is 1. The molecule has 0 saturated heterocycles. The normalized spacial score (nSPS) is 11.2. The van der Waals surface area contributed by atoms with E-state index in [0.717, 1.165) is 5.69 Å². The predicted molar refractivity (Wildman–Crippen MR) is 67.9 cm³/mol. The second-order valence-electron chi connectivity index (χ2n) is 3.76. The Morgan fingerprint density at radius 2 is 1.89 bits per heavy atom. The summed E-state index contributed by atoms with van der Waals surface area (Å²) in [5.41, 5.74) is 1.14. The highest BCUT2D eigenvalue weighted by molar-refractivity contribution is 7.92. The van der Waals surface area contributed by atoms with Crippen LogP contribution in [0.3, 0.4) is 0 Å². The van der Waals surface area contributed by atoms with Gasteiger partial charge in [0.2, 0.25) is 0 Å². The number of para-hydroxylation sites is 1. The molecule has 18 heavy (non-hydrogen) atoms. The van der Waals surface area contributed by atoms with E-state index in [1.807, 2.05) is 0 Å². The molecule has 0 saturated carbocycles. The number of rotatable bonds is 3. The number of aromatic nitrogens is 1. The number of nitrogens with zero attached hydrogens (tertiary/aromatic N) is 1. The topological polar surface area (TPSA) is 79.3 Å². The predicted octanol–water partition coefficient (Wildman–Crippen LogP) is 1.90. The van der Waals surface area contributed by atoms with Crippen LogP contribution < -0.4 is 4.72 Å². The van der Waals surface area contributed by atoms with Gasteiger partial charge in [-0.05, 0) is 31.2 Å². The Hall–Kier alpha value is -2.08. The zero-order valence-corrected chi connectivity index (χ0v) is 10.5. The van der Waals surface area contributed by atoms with Crippen LogP contribution in [0.5, 0.6) is 5.75 Å². The average Bonchev–Trinajstić information content (AvgIpc) is 2.32. The van der Waals surface area contributed by atoms with Gasteiger partial charge in [-0.1, -0.05) is 12.1 Å². The van der Waals surface area contributed by atoms with Crippen LogP contribution in [0.15, 0.2) is 47.5 Å². The average molecular weight is 264 g/mol. The molecule has 0 radical (unpaired) electrons. The largest absolute Gasteiger partial charge is 0.507 e. The number of pyridine rings is 1. The summed E-state index contributed by atoms with van der Waals surface area (Å²) >= 11 is 0. The molecule has 0 spiro atoms. The molecule has 1 aromatic carbocycles. The summed E-state index contributed by atoms with van der Waals surface area (Å²) in [5, 5.41) is 9.53. The van der Waals surface area contributed by atoms with Gasteiger partial charge in [0, 0.05) is 5.69 Å². The number of anilines is 1. The summed E-state index contributed by atoms with van der Waals surface area (Å²) in [6.45, 7) is 1.81. The maximum absolute atomic E-state index is 12.0. The molecule has 2 rings (SSSR count). The first kappa shape index (κ1) is 12.4. The third-order valence-electron chi connectivity index (χ3n) is 2.32. The minimum absolute atomic E-state index is 0.162. The number of aromatic hydroxyl groups is 1. The van der Waals surface area contributed by atoms with Crippen LogP contribution in [0, 0.1) is 6.92 Å². The van der Waals surface area contributed by atoms with Gasteiger partial charge >= 0.3 is 0 Å². The SMILES string of the molecule is Cc1ccc(NS(=O)(=O)c2ccccc2O)cn1. The smallest absolute Gasteiger partial charge is 0.265 e. The van der Waals surface area contributed by atoms with E-state index in [-0.39, 0.29) is 10.6 Å². The van der Waals surface area contributed by atoms with Crippen molar-refractivity contribution in [1.29, 1.82) is 0 Å². The molecule has 0 bridgehead atoms. The van der Waals surface area contributed by atoms with Gasteiger partial charge < -0.3 is 5.11 Å². The number of phenols is 1. The van der Waals surface area contributed by atoms with Crippen molar-refractivity contribution in [2.24, 2.45) is 0 Å². The lowest BCUT2D eigenvalue weighted by atomic mass is 10.3. The highest BCUT2D eigenvalue weighted by Crippen LogP contribution is 2.23. The molecule has 0 aliphatic rings. The van der Waals surface area contributed by atoms with Gasteiger partial charge in [-0.15, -0.1) is 0 Å². The van der Waals surface area contributed by atoms with Gasteiger partial charge in [0.25, 0.3) is 10.0 Å². The Kier molecular flexibility index (Phi) is 3.20. The molecule has 1 heterocycles. The van der Waals surface area contributed by atoms with Crippen molar-refractivity contribution in [3.63, 3.8) is 0 Å². The lowest BCUT2D eigenvalue weighted by Gasteiger charge is -2.08. The quantitative estimate of drug-likeness (QED) is 0.887. The van der Waals surface area contributed by atoms with Gasteiger partial charge in [0.05, 0.1) is 11.9 Å². The Labute approximate surface area is 105 Å². The van der Waals surface area contributed by atoms with Crippen LogP contribution in [-0.2, 0) is 10.0 Å². The summed E-state index contributed by atoms with van der Waals surface area (Å²) in [4.78, 5) is 3.83. The summed E-state index contributed by atoms with van der Waals surface area (Å²) < 4.78 is 26.4. The number of hydrogen-bond acceptors (Lipinski definition) is 4. The fraction of sp³-hybridized carbons (Fsp3) is 0.0833. The number of benzene rings is 1. The van der Waals surface area contributed by atoms with Crippen molar-refractivity contribution in [3.05, 3.63) is 48.3 Å². The summed E-state index contributed by atoms with van der Waals surface area (Å²) in [7, 11) is -3.80. The van der Waals surface area contributed by atoms with Crippen molar-refractivity contribution < 1.29 is 13.5 Å². The lowest BCUT2D eigenvalue weighted by Crippen LogP contribution is -2.13. The third-order valence-corrected chi connectivity index (χ3v) is 3.75. The van der Waals surface area contributed by atoms with Crippen molar-refractivity contribution in [2.75, 3.05) is 4.72 Å². The van der Waals surface area contributed by atoms with E-state index < -0.39 is 10.0 Å². The van der Waals surface area contributed by atoms with Crippen LogP contribution >= 0.6 is 0 Å². The first-order valence-corrected chi connectivity index (χ1v) is 6.71. The van der Waals surface area contributed by atoms with Crippen LogP contribution in [0.25, 0.3) is 0 Å². The monoisotopic (exact) mass is 264 g/mol. The Morgan fingerprint density at radius 3 is 2.50 bits per heavy atom. The van der Waals surface area contributed by atoms with Gasteiger partial charge in [0.1, 0.15) is 10.6 Å². The Morgan fingerprint density at radius 1 is 1.17 bits per heavy atom. The fourth-order valence-corrected chi connectivity index (χ4v) is 2.56. The van der Waals surface area contributed by atoms with E-state index >= 15 is 0 Å². The number of phenolic OH excluding ortho intramolecular Hbond substituents is 1. The summed E-state index contributed by atoms with van der Waals surface area (Å²) in [5.74, 6) is -0.287. The molecule has 0 aliphatic heterocycles. The van der Waals surface area contributed by atoms with E-state index in [1.54, 1.807) is 31.2 Å². The Bertz CT molecular complexity index is 651. The van der Waals surface area contributed by atoms with Crippen molar-refractivity contribution >= 4 is 15.7 Å². The minimum Gasteiger partial charge on any atom is -0.507 e. The van der Waals surface area contributed by atoms with E-state index in [4.69, 9.17) is 0 Å². The molecule has 5 nitrogen and oxygen atoms in total. The zero-order chi connectivity index (χ0) is 13.2. The van der Waals surface area contributed by atoms with Crippen LogP contribution in [0.4, 0.5) is 5.69 Å². The second kappa shape index (κ2) is 4.66. The maximum Gasteiger partial charge on any atom is 0.265 e. The molecule has 6 heteroatoms. The van der Waals surface area contributed by atoms with Crippen molar-refractivity contribution in [2.45, 2.75) is 11.8 Å². The van der Waals surface area contributed by atoms with Crippen LogP contribution in [0.2, 0.25) is 0 Å². The fourth-order valence-electron chi connectivity index (χ4n) is 1.42. The van der Waals surface area contributed by atoms with Gasteiger partial charge in [0.15, 0.2) is 0 Å². The van der Waals surface area contributed by atoms with E-state index in [0.29, 0.717) is 5.69 Å². The molecular weight excluding hydrogens is 252 g/mol. The number of sulfonamides is 1. The molecule has 1 aromatic heterocycles. The first-order valence-electron chi connectivity index (χ1n) is 5.22. The molecule has 0 amide bonds. The molecule has 0 unspecified atom stereocenters. The molecule has 0 aliphatic carbocycles. The molecule has 0 atom stereocenters. The molecule has 0 fully saturated rings. The van der Waals surface area contributed by atoms with Crippen LogP contribution in [0.1, 0.15) is 5.69 Å².